The van der Waals surface area contributed by atoms with Crippen molar-refractivity contribution in [1.82, 2.24) is 0 Å². The van der Waals surface area contributed by atoms with Crippen LogP contribution in [0.1, 0.15) is 28.8 Å². The Hall–Kier alpha value is -2.55. The third-order valence-electron chi connectivity index (χ3n) is 2.68. The minimum absolute atomic E-state index is 0.0209. The molecule has 108 valence electrons. The Kier molecular flexibility index (Phi) is 5.09. The number of carbonyl (C=O) groups is 1. The number of nitro groups is 2. The van der Waals surface area contributed by atoms with Crippen LogP contribution in [-0.2, 0) is 6.42 Å². The van der Waals surface area contributed by atoms with Gasteiger partial charge in [0.15, 0.2) is 0 Å². The number of nitrogens with zero attached hydrogens (tertiary/aromatic N) is 2. The van der Waals surface area contributed by atoms with E-state index >= 15 is 0 Å². The summed E-state index contributed by atoms with van der Waals surface area (Å²) >= 11 is 0. The van der Waals surface area contributed by atoms with Crippen molar-refractivity contribution in [3.8, 4) is 0 Å². The molecule has 0 bridgehead atoms. The van der Waals surface area contributed by atoms with Gasteiger partial charge in [-0.3, -0.25) is 20.2 Å². The molecular weight excluding hydrogens is 272 g/mol. The molecule has 9 heteroatoms. The molecule has 0 saturated carbocycles. The quantitative estimate of drug-likeness (QED) is 0.438. The summed E-state index contributed by atoms with van der Waals surface area (Å²) in [5, 5.41) is 39.4. The first-order valence-corrected chi connectivity index (χ1v) is 5.68. The van der Waals surface area contributed by atoms with E-state index in [1.165, 1.54) is 0 Å². The fourth-order valence-electron chi connectivity index (χ4n) is 1.76. The first-order chi connectivity index (χ1) is 9.38. The van der Waals surface area contributed by atoms with Gasteiger partial charge in [-0.05, 0) is 19.3 Å². The Morgan fingerprint density at radius 3 is 1.95 bits per heavy atom. The Morgan fingerprint density at radius 1 is 1.10 bits per heavy atom. The van der Waals surface area contributed by atoms with Crippen molar-refractivity contribution in [2.75, 3.05) is 6.61 Å². The molecule has 1 aromatic rings. The van der Waals surface area contributed by atoms with Crippen LogP contribution in [0.5, 0.6) is 0 Å². The van der Waals surface area contributed by atoms with Crippen LogP contribution in [0.3, 0.4) is 0 Å². The van der Waals surface area contributed by atoms with Gasteiger partial charge in [0, 0.05) is 18.7 Å². The van der Waals surface area contributed by atoms with E-state index in [2.05, 4.69) is 0 Å². The topological polar surface area (TPSA) is 144 Å². The van der Waals surface area contributed by atoms with Gasteiger partial charge in [0.25, 0.3) is 11.4 Å². The van der Waals surface area contributed by atoms with E-state index in [1.54, 1.807) is 0 Å². The number of hydrogen-bond acceptors (Lipinski definition) is 6. The molecule has 0 amide bonds. The second-order valence-corrected chi connectivity index (χ2v) is 3.99. The molecule has 20 heavy (non-hydrogen) atoms. The molecule has 0 aromatic heterocycles. The van der Waals surface area contributed by atoms with Crippen molar-refractivity contribution in [3.63, 3.8) is 0 Å². The van der Waals surface area contributed by atoms with Crippen molar-refractivity contribution in [3.05, 3.63) is 43.5 Å². The Labute approximate surface area is 112 Å². The summed E-state index contributed by atoms with van der Waals surface area (Å²) in [6.07, 6.45) is 0.687. The third kappa shape index (κ3) is 3.48. The van der Waals surface area contributed by atoms with E-state index in [4.69, 9.17) is 10.2 Å². The summed E-state index contributed by atoms with van der Waals surface area (Å²) in [5.74, 6) is -1.47. The lowest BCUT2D eigenvalue weighted by Gasteiger charge is -2.05. The number of aromatic carboxylic acids is 1. The minimum Gasteiger partial charge on any atom is -0.478 e. The molecule has 0 saturated heterocycles. The second-order valence-electron chi connectivity index (χ2n) is 3.99. The number of nitro benzene ring substituents is 2. The zero-order valence-corrected chi connectivity index (χ0v) is 10.3. The SMILES string of the molecule is O=C(O)c1cc([N+](=O)[O-])c(CCCCO)c([N+](=O)[O-])c1. The number of benzene rings is 1. The highest BCUT2D eigenvalue weighted by Gasteiger charge is 2.27. The highest BCUT2D eigenvalue weighted by Crippen LogP contribution is 2.31. The van der Waals surface area contributed by atoms with Crippen molar-refractivity contribution in [2.45, 2.75) is 19.3 Å². The summed E-state index contributed by atoms with van der Waals surface area (Å²) < 4.78 is 0. The lowest BCUT2D eigenvalue weighted by Crippen LogP contribution is -2.06. The predicted molar refractivity (Wildman–Crippen MR) is 66.7 cm³/mol. The van der Waals surface area contributed by atoms with Crippen LogP contribution >= 0.6 is 0 Å². The molecule has 0 atom stereocenters. The van der Waals surface area contributed by atoms with Crippen molar-refractivity contribution in [1.29, 1.82) is 0 Å². The molecular formula is C11H12N2O7. The fourth-order valence-corrected chi connectivity index (χ4v) is 1.76. The Morgan fingerprint density at radius 2 is 1.60 bits per heavy atom. The molecule has 0 fully saturated rings. The van der Waals surface area contributed by atoms with Crippen LogP contribution in [0.25, 0.3) is 0 Å². The first kappa shape index (κ1) is 15.5. The van der Waals surface area contributed by atoms with Crippen LogP contribution in [0.15, 0.2) is 12.1 Å². The Bertz CT molecular complexity index is 521. The molecule has 0 spiro atoms. The summed E-state index contributed by atoms with van der Waals surface area (Å²) in [7, 11) is 0. The average molecular weight is 284 g/mol. The highest BCUT2D eigenvalue weighted by atomic mass is 16.6. The van der Waals surface area contributed by atoms with E-state index in [0.717, 1.165) is 12.1 Å². The summed E-state index contributed by atoms with van der Waals surface area (Å²) in [5.41, 5.74) is -1.81. The normalized spacial score (nSPS) is 10.2. The molecule has 9 nitrogen and oxygen atoms in total. The second kappa shape index (κ2) is 6.57. The van der Waals surface area contributed by atoms with Crippen LogP contribution < -0.4 is 0 Å². The molecule has 0 aliphatic carbocycles. The molecule has 1 rings (SSSR count). The number of unbranched alkanes of at least 4 members (excludes halogenated alkanes) is 1. The van der Waals surface area contributed by atoms with Gasteiger partial charge in [0.05, 0.1) is 15.4 Å². The van der Waals surface area contributed by atoms with Crippen LogP contribution in [-0.4, -0.2) is 32.6 Å². The number of hydrogen-bond donors (Lipinski definition) is 2. The van der Waals surface area contributed by atoms with E-state index < -0.39 is 32.8 Å². The van der Waals surface area contributed by atoms with Gasteiger partial charge in [-0.25, -0.2) is 4.79 Å². The molecule has 0 heterocycles. The smallest absolute Gasteiger partial charge is 0.336 e. The van der Waals surface area contributed by atoms with E-state index in [0.29, 0.717) is 12.8 Å². The summed E-state index contributed by atoms with van der Waals surface area (Å²) in [6.45, 7) is -0.130. The lowest BCUT2D eigenvalue weighted by molar-refractivity contribution is -0.395. The van der Waals surface area contributed by atoms with Gasteiger partial charge in [0.1, 0.15) is 5.56 Å². The van der Waals surface area contributed by atoms with Gasteiger partial charge in [0.2, 0.25) is 0 Å². The first-order valence-electron chi connectivity index (χ1n) is 5.68. The van der Waals surface area contributed by atoms with Gasteiger partial charge in [-0.1, -0.05) is 0 Å². The molecule has 0 aliphatic heterocycles. The van der Waals surface area contributed by atoms with Crippen molar-refractivity contribution < 1.29 is 24.9 Å². The van der Waals surface area contributed by atoms with Gasteiger partial charge in [-0.2, -0.15) is 0 Å². The largest absolute Gasteiger partial charge is 0.478 e. The predicted octanol–water partition coefficient (Wildman–Crippen LogP) is 1.52. The highest BCUT2D eigenvalue weighted by molar-refractivity contribution is 5.90. The molecule has 0 unspecified atom stereocenters. The molecule has 2 N–H and O–H groups in total. The van der Waals surface area contributed by atoms with E-state index in [9.17, 15) is 25.0 Å². The maximum absolute atomic E-state index is 10.9. The molecule has 1 aromatic carbocycles. The number of rotatable bonds is 7. The van der Waals surface area contributed by atoms with Crippen molar-refractivity contribution >= 4 is 17.3 Å². The van der Waals surface area contributed by atoms with Crippen LogP contribution in [0.2, 0.25) is 0 Å². The Balaban J connectivity index is 3.39. The number of carboxylic acid groups (broad SMARTS) is 1. The maximum atomic E-state index is 10.9. The van der Waals surface area contributed by atoms with Gasteiger partial charge >= 0.3 is 5.97 Å². The van der Waals surface area contributed by atoms with Gasteiger partial charge < -0.3 is 10.2 Å². The molecule has 0 radical (unpaired) electrons. The monoisotopic (exact) mass is 284 g/mol. The number of carboxylic acids is 1. The number of aliphatic hydroxyl groups excluding tert-OH is 1. The summed E-state index contributed by atoms with van der Waals surface area (Å²) in [4.78, 5) is 31.1. The third-order valence-corrected chi connectivity index (χ3v) is 2.68. The summed E-state index contributed by atoms with van der Waals surface area (Å²) in [6, 6.07) is 1.62. The van der Waals surface area contributed by atoms with Crippen molar-refractivity contribution in [2.24, 2.45) is 0 Å². The molecule has 0 aliphatic rings. The van der Waals surface area contributed by atoms with Gasteiger partial charge in [-0.15, -0.1) is 0 Å². The van der Waals surface area contributed by atoms with Crippen LogP contribution in [0, 0.1) is 20.2 Å². The lowest BCUT2D eigenvalue weighted by atomic mass is 10.0. The zero-order valence-electron chi connectivity index (χ0n) is 10.3. The maximum Gasteiger partial charge on any atom is 0.336 e. The minimum atomic E-state index is -1.47. The standard InChI is InChI=1S/C11H12N2O7/c14-4-2-1-3-8-9(12(17)18)5-7(11(15)16)6-10(8)13(19)20/h5-6,14H,1-4H2,(H,15,16). The van der Waals surface area contributed by atoms with E-state index in [1.807, 2.05) is 0 Å². The number of aliphatic hydroxyl groups is 1. The fraction of sp³-hybridized carbons (Fsp3) is 0.364. The van der Waals surface area contributed by atoms with E-state index in [-0.39, 0.29) is 18.6 Å². The zero-order chi connectivity index (χ0) is 15.3. The average Bonchev–Trinajstić information content (AvgIpc) is 2.37. The van der Waals surface area contributed by atoms with Crippen LogP contribution in [0.4, 0.5) is 11.4 Å².